The van der Waals surface area contributed by atoms with E-state index in [0.717, 1.165) is 17.7 Å². The van der Waals surface area contributed by atoms with Gasteiger partial charge in [-0.2, -0.15) is 13.2 Å². The average molecular weight is 308 g/mol. The van der Waals surface area contributed by atoms with Crippen molar-refractivity contribution >= 4 is 11.7 Å². The molecule has 0 atom stereocenters. The fourth-order valence-electron chi connectivity index (χ4n) is 1.89. The van der Waals surface area contributed by atoms with Gasteiger partial charge in [0.05, 0.1) is 5.56 Å². The number of aryl methyl sites for hydroxylation is 1. The van der Waals surface area contributed by atoms with E-state index >= 15 is 0 Å². The SMILES string of the molecule is Cc1cccc(NC(=O)NCc2ccc(C(F)(F)F)cc2)c1. The van der Waals surface area contributed by atoms with Crippen LogP contribution in [0.1, 0.15) is 16.7 Å². The molecule has 2 aromatic carbocycles. The Balaban J connectivity index is 1.88. The third-order valence-electron chi connectivity index (χ3n) is 3.01. The summed E-state index contributed by atoms with van der Waals surface area (Å²) < 4.78 is 37.3. The van der Waals surface area contributed by atoms with Crippen molar-refractivity contribution in [3.8, 4) is 0 Å². The Morgan fingerprint density at radius 2 is 1.77 bits per heavy atom. The maximum Gasteiger partial charge on any atom is 0.416 e. The number of alkyl halides is 3. The van der Waals surface area contributed by atoms with Crippen LogP contribution < -0.4 is 10.6 Å². The normalized spacial score (nSPS) is 11.1. The van der Waals surface area contributed by atoms with Gasteiger partial charge in [-0.25, -0.2) is 4.79 Å². The largest absolute Gasteiger partial charge is 0.416 e. The Morgan fingerprint density at radius 1 is 1.09 bits per heavy atom. The second kappa shape index (κ2) is 6.51. The van der Waals surface area contributed by atoms with Crippen LogP contribution in [0.3, 0.4) is 0 Å². The Bertz CT molecular complexity index is 651. The first kappa shape index (κ1) is 15.9. The molecule has 2 rings (SSSR count). The molecule has 0 aliphatic rings. The van der Waals surface area contributed by atoms with Crippen LogP contribution in [0.4, 0.5) is 23.7 Å². The summed E-state index contributed by atoms with van der Waals surface area (Å²) in [7, 11) is 0. The standard InChI is InChI=1S/C16H15F3N2O/c1-11-3-2-4-14(9-11)21-15(22)20-10-12-5-7-13(8-6-12)16(17,18)19/h2-9H,10H2,1H3,(H2,20,21,22). The predicted molar refractivity (Wildman–Crippen MR) is 78.5 cm³/mol. The summed E-state index contributed by atoms with van der Waals surface area (Å²) in [6.45, 7) is 2.06. The fourth-order valence-corrected chi connectivity index (χ4v) is 1.89. The molecule has 0 bridgehead atoms. The molecule has 0 radical (unpaired) electrons. The third-order valence-corrected chi connectivity index (χ3v) is 3.01. The average Bonchev–Trinajstić information content (AvgIpc) is 2.45. The lowest BCUT2D eigenvalue weighted by Gasteiger charge is -2.10. The van der Waals surface area contributed by atoms with E-state index in [1.807, 2.05) is 25.1 Å². The van der Waals surface area contributed by atoms with E-state index in [1.165, 1.54) is 12.1 Å². The van der Waals surface area contributed by atoms with Crippen LogP contribution in [-0.4, -0.2) is 6.03 Å². The van der Waals surface area contributed by atoms with Crippen LogP contribution in [0.25, 0.3) is 0 Å². The Kier molecular flexibility index (Phi) is 4.70. The van der Waals surface area contributed by atoms with Crippen molar-refractivity contribution in [2.45, 2.75) is 19.6 Å². The minimum atomic E-state index is -4.35. The molecule has 0 aliphatic carbocycles. The van der Waals surface area contributed by atoms with Crippen LogP contribution in [0.15, 0.2) is 48.5 Å². The molecule has 0 unspecified atom stereocenters. The van der Waals surface area contributed by atoms with E-state index in [4.69, 9.17) is 0 Å². The lowest BCUT2D eigenvalue weighted by molar-refractivity contribution is -0.137. The zero-order chi connectivity index (χ0) is 16.2. The number of carbonyl (C=O) groups is 1. The summed E-state index contributed by atoms with van der Waals surface area (Å²) in [5, 5.41) is 5.25. The molecule has 116 valence electrons. The number of rotatable bonds is 3. The molecule has 0 fully saturated rings. The zero-order valence-corrected chi connectivity index (χ0v) is 11.9. The molecule has 2 aromatic rings. The monoisotopic (exact) mass is 308 g/mol. The first-order valence-corrected chi connectivity index (χ1v) is 6.62. The van der Waals surface area contributed by atoms with Gasteiger partial charge in [-0.05, 0) is 42.3 Å². The van der Waals surface area contributed by atoms with Gasteiger partial charge >= 0.3 is 12.2 Å². The number of benzene rings is 2. The van der Waals surface area contributed by atoms with Crippen LogP contribution in [0.5, 0.6) is 0 Å². The van der Waals surface area contributed by atoms with Crippen molar-refractivity contribution in [2.24, 2.45) is 0 Å². The highest BCUT2D eigenvalue weighted by molar-refractivity contribution is 5.89. The van der Waals surface area contributed by atoms with Crippen LogP contribution in [-0.2, 0) is 12.7 Å². The summed E-state index contributed by atoms with van der Waals surface area (Å²) in [5.74, 6) is 0. The van der Waals surface area contributed by atoms with Gasteiger partial charge in [0.2, 0.25) is 0 Å². The zero-order valence-electron chi connectivity index (χ0n) is 11.9. The highest BCUT2D eigenvalue weighted by Crippen LogP contribution is 2.29. The van der Waals surface area contributed by atoms with Crippen molar-refractivity contribution in [3.63, 3.8) is 0 Å². The summed E-state index contributed by atoms with van der Waals surface area (Å²) in [6, 6.07) is 11.6. The van der Waals surface area contributed by atoms with E-state index in [0.29, 0.717) is 11.3 Å². The van der Waals surface area contributed by atoms with E-state index < -0.39 is 17.8 Å². The van der Waals surface area contributed by atoms with Crippen molar-refractivity contribution in [2.75, 3.05) is 5.32 Å². The van der Waals surface area contributed by atoms with Crippen LogP contribution in [0.2, 0.25) is 0 Å². The number of carbonyl (C=O) groups excluding carboxylic acids is 1. The smallest absolute Gasteiger partial charge is 0.334 e. The highest BCUT2D eigenvalue weighted by Gasteiger charge is 2.29. The Hall–Kier alpha value is -2.50. The Labute approximate surface area is 126 Å². The summed E-state index contributed by atoms with van der Waals surface area (Å²) in [5.41, 5.74) is 1.55. The summed E-state index contributed by atoms with van der Waals surface area (Å²) >= 11 is 0. The quantitative estimate of drug-likeness (QED) is 0.870. The number of hydrogen-bond acceptors (Lipinski definition) is 1. The van der Waals surface area contributed by atoms with Gasteiger partial charge in [0, 0.05) is 12.2 Å². The van der Waals surface area contributed by atoms with Crippen LogP contribution in [0, 0.1) is 6.92 Å². The first-order valence-electron chi connectivity index (χ1n) is 6.62. The van der Waals surface area contributed by atoms with Gasteiger partial charge in [0.15, 0.2) is 0 Å². The third kappa shape index (κ3) is 4.51. The van der Waals surface area contributed by atoms with E-state index in [1.54, 1.807) is 6.07 Å². The number of hydrogen-bond donors (Lipinski definition) is 2. The molecular formula is C16H15F3N2O. The molecule has 6 heteroatoms. The molecule has 0 heterocycles. The fraction of sp³-hybridized carbons (Fsp3) is 0.188. The number of amides is 2. The van der Waals surface area contributed by atoms with Gasteiger partial charge in [-0.1, -0.05) is 24.3 Å². The number of halogens is 3. The number of nitrogens with one attached hydrogen (secondary N) is 2. The lowest BCUT2D eigenvalue weighted by atomic mass is 10.1. The first-order chi connectivity index (χ1) is 10.3. The molecule has 0 aliphatic heterocycles. The van der Waals surface area contributed by atoms with Crippen LogP contribution >= 0.6 is 0 Å². The maximum atomic E-state index is 12.4. The molecule has 0 aromatic heterocycles. The van der Waals surface area contributed by atoms with Crippen molar-refractivity contribution < 1.29 is 18.0 Å². The van der Waals surface area contributed by atoms with Gasteiger partial charge in [-0.3, -0.25) is 0 Å². The second-order valence-corrected chi connectivity index (χ2v) is 4.87. The van der Waals surface area contributed by atoms with Crippen molar-refractivity contribution in [3.05, 3.63) is 65.2 Å². The van der Waals surface area contributed by atoms with Crippen molar-refractivity contribution in [1.29, 1.82) is 0 Å². The minimum Gasteiger partial charge on any atom is -0.334 e. The molecule has 22 heavy (non-hydrogen) atoms. The minimum absolute atomic E-state index is 0.149. The Morgan fingerprint density at radius 3 is 2.36 bits per heavy atom. The highest BCUT2D eigenvalue weighted by atomic mass is 19.4. The van der Waals surface area contributed by atoms with Gasteiger partial charge in [-0.15, -0.1) is 0 Å². The molecule has 0 saturated heterocycles. The van der Waals surface area contributed by atoms with Crippen molar-refractivity contribution in [1.82, 2.24) is 5.32 Å². The number of anilines is 1. The van der Waals surface area contributed by atoms with Gasteiger partial charge < -0.3 is 10.6 Å². The second-order valence-electron chi connectivity index (χ2n) is 4.87. The van der Waals surface area contributed by atoms with E-state index in [2.05, 4.69) is 10.6 Å². The van der Waals surface area contributed by atoms with E-state index in [9.17, 15) is 18.0 Å². The number of urea groups is 1. The summed E-state index contributed by atoms with van der Waals surface area (Å²) in [6.07, 6.45) is -4.35. The molecular weight excluding hydrogens is 293 g/mol. The molecule has 2 N–H and O–H groups in total. The van der Waals surface area contributed by atoms with Gasteiger partial charge in [0.1, 0.15) is 0 Å². The van der Waals surface area contributed by atoms with E-state index in [-0.39, 0.29) is 6.54 Å². The maximum absolute atomic E-state index is 12.4. The van der Waals surface area contributed by atoms with Gasteiger partial charge in [0.25, 0.3) is 0 Å². The topological polar surface area (TPSA) is 41.1 Å². The molecule has 2 amide bonds. The molecule has 3 nitrogen and oxygen atoms in total. The molecule has 0 saturated carbocycles. The predicted octanol–water partition coefficient (Wildman–Crippen LogP) is 4.34. The lowest BCUT2D eigenvalue weighted by Crippen LogP contribution is -2.28. The molecule has 0 spiro atoms. The summed E-state index contributed by atoms with van der Waals surface area (Å²) in [4.78, 5) is 11.7.